The number of anilines is 1. The maximum atomic E-state index is 13.6. The molecular weight excluding hydrogens is 264 g/mol. The predicted molar refractivity (Wildman–Crippen MR) is 62.4 cm³/mol. The van der Waals surface area contributed by atoms with Crippen LogP contribution in [0.5, 0.6) is 5.75 Å². The van der Waals surface area contributed by atoms with Crippen LogP contribution in [0, 0.1) is 12.7 Å². The third kappa shape index (κ3) is 2.05. The molecule has 1 heterocycles. The summed E-state index contributed by atoms with van der Waals surface area (Å²) in [4.78, 5) is 3.36. The van der Waals surface area contributed by atoms with E-state index in [4.69, 9.17) is 10.5 Å². The fraction of sp³-hybridized carbons (Fsp3) is 0.250. The Morgan fingerprint density at radius 1 is 1.26 bits per heavy atom. The summed E-state index contributed by atoms with van der Waals surface area (Å²) in [6, 6.07) is 2.28. The molecule has 0 aliphatic carbocycles. The molecular formula is C12H10F4N2O. The van der Waals surface area contributed by atoms with Gasteiger partial charge in [0.15, 0.2) is 0 Å². The van der Waals surface area contributed by atoms with Crippen molar-refractivity contribution in [2.24, 2.45) is 0 Å². The summed E-state index contributed by atoms with van der Waals surface area (Å²) >= 11 is 0. The highest BCUT2D eigenvalue weighted by atomic mass is 19.4. The molecule has 2 aromatic rings. The quantitative estimate of drug-likeness (QED) is 0.812. The second kappa shape index (κ2) is 4.25. The maximum Gasteiger partial charge on any atom is 0.433 e. The van der Waals surface area contributed by atoms with Gasteiger partial charge in [0.25, 0.3) is 0 Å². The zero-order valence-electron chi connectivity index (χ0n) is 10.1. The van der Waals surface area contributed by atoms with Crippen molar-refractivity contribution < 1.29 is 22.3 Å². The number of nitrogens with zero attached hydrogens (tertiary/aromatic N) is 1. The molecule has 102 valence electrons. The number of aromatic nitrogens is 1. The Hall–Kier alpha value is -2.05. The molecule has 7 heteroatoms. The van der Waals surface area contributed by atoms with Crippen LogP contribution in [0.2, 0.25) is 0 Å². The standard InChI is InChI=1S/C12H10F4N2O/c1-5-9(17)8-7(19-2)4-3-6(13)10(8)18-11(5)12(14,15)16/h3-4H,1-2H3,(H2,17,18). The van der Waals surface area contributed by atoms with Crippen LogP contribution in [0.15, 0.2) is 12.1 Å². The SMILES string of the molecule is COc1ccc(F)c2nc(C(F)(F)F)c(C)c(N)c12. The molecule has 0 bridgehead atoms. The largest absolute Gasteiger partial charge is 0.496 e. The highest BCUT2D eigenvalue weighted by Gasteiger charge is 2.36. The predicted octanol–water partition coefficient (Wildman–Crippen LogP) is 3.29. The van der Waals surface area contributed by atoms with Crippen LogP contribution in [0.25, 0.3) is 10.9 Å². The monoisotopic (exact) mass is 274 g/mol. The number of ether oxygens (including phenoxy) is 1. The Morgan fingerprint density at radius 3 is 2.42 bits per heavy atom. The van der Waals surface area contributed by atoms with Gasteiger partial charge in [0.2, 0.25) is 0 Å². The zero-order chi connectivity index (χ0) is 14.4. The number of methoxy groups -OCH3 is 1. The van der Waals surface area contributed by atoms with Crippen molar-refractivity contribution in [3.8, 4) is 5.75 Å². The molecule has 2 rings (SSSR count). The zero-order valence-corrected chi connectivity index (χ0v) is 10.1. The summed E-state index contributed by atoms with van der Waals surface area (Å²) < 4.78 is 57.0. The van der Waals surface area contributed by atoms with E-state index < -0.39 is 23.2 Å². The van der Waals surface area contributed by atoms with E-state index in [1.807, 2.05) is 0 Å². The number of nitrogens with two attached hydrogens (primary N) is 1. The molecule has 0 saturated heterocycles. The first-order chi connectivity index (χ1) is 8.77. The molecule has 19 heavy (non-hydrogen) atoms. The van der Waals surface area contributed by atoms with E-state index in [2.05, 4.69) is 4.98 Å². The lowest BCUT2D eigenvalue weighted by Crippen LogP contribution is -2.13. The van der Waals surface area contributed by atoms with Crippen molar-refractivity contribution in [3.63, 3.8) is 0 Å². The summed E-state index contributed by atoms with van der Waals surface area (Å²) in [6.07, 6.45) is -4.69. The van der Waals surface area contributed by atoms with Crippen LogP contribution < -0.4 is 10.5 Å². The molecule has 0 unspecified atom stereocenters. The van der Waals surface area contributed by atoms with E-state index in [-0.39, 0.29) is 22.4 Å². The van der Waals surface area contributed by atoms with Gasteiger partial charge in [-0.1, -0.05) is 0 Å². The van der Waals surface area contributed by atoms with Gasteiger partial charge in [-0.15, -0.1) is 0 Å². The maximum absolute atomic E-state index is 13.6. The van der Waals surface area contributed by atoms with Gasteiger partial charge in [0, 0.05) is 11.3 Å². The third-order valence-electron chi connectivity index (χ3n) is 2.83. The number of hydrogen-bond acceptors (Lipinski definition) is 3. The third-order valence-corrected chi connectivity index (χ3v) is 2.83. The van der Waals surface area contributed by atoms with Gasteiger partial charge in [-0.2, -0.15) is 13.2 Å². The second-order valence-electron chi connectivity index (χ2n) is 3.97. The molecule has 0 atom stereocenters. The van der Waals surface area contributed by atoms with Crippen molar-refractivity contribution in [1.82, 2.24) is 4.98 Å². The van der Waals surface area contributed by atoms with Gasteiger partial charge in [-0.25, -0.2) is 9.37 Å². The first-order valence-electron chi connectivity index (χ1n) is 5.26. The molecule has 0 saturated carbocycles. The summed E-state index contributed by atoms with van der Waals surface area (Å²) in [5, 5.41) is 0.0491. The number of benzene rings is 1. The van der Waals surface area contributed by atoms with Gasteiger partial charge in [-0.3, -0.25) is 0 Å². The lowest BCUT2D eigenvalue weighted by Gasteiger charge is -2.15. The molecule has 0 fully saturated rings. The Morgan fingerprint density at radius 2 is 1.89 bits per heavy atom. The van der Waals surface area contributed by atoms with Crippen molar-refractivity contribution in [2.45, 2.75) is 13.1 Å². The fourth-order valence-corrected chi connectivity index (χ4v) is 1.87. The van der Waals surface area contributed by atoms with Gasteiger partial charge in [0.1, 0.15) is 22.8 Å². The molecule has 0 aliphatic heterocycles. The Labute approximate surface area is 106 Å². The average Bonchev–Trinajstić information content (AvgIpc) is 2.32. The van der Waals surface area contributed by atoms with Crippen molar-refractivity contribution in [2.75, 3.05) is 12.8 Å². The minimum atomic E-state index is -4.69. The van der Waals surface area contributed by atoms with Crippen LogP contribution in [0.1, 0.15) is 11.3 Å². The van der Waals surface area contributed by atoms with E-state index in [0.717, 1.165) is 6.07 Å². The van der Waals surface area contributed by atoms with E-state index in [1.165, 1.54) is 20.1 Å². The Balaban J connectivity index is 2.96. The summed E-state index contributed by atoms with van der Waals surface area (Å²) in [6.45, 7) is 1.19. The first-order valence-corrected chi connectivity index (χ1v) is 5.26. The summed E-state index contributed by atoms with van der Waals surface area (Å²) in [5.41, 5.74) is 3.60. The molecule has 1 aromatic heterocycles. The van der Waals surface area contributed by atoms with E-state index >= 15 is 0 Å². The molecule has 0 aliphatic rings. The fourth-order valence-electron chi connectivity index (χ4n) is 1.87. The molecule has 2 N–H and O–H groups in total. The normalized spacial score (nSPS) is 11.9. The Kier molecular flexibility index (Phi) is 3.00. The van der Waals surface area contributed by atoms with Gasteiger partial charge in [-0.05, 0) is 19.1 Å². The summed E-state index contributed by atoms with van der Waals surface area (Å²) in [7, 11) is 1.32. The molecule has 0 amide bonds. The lowest BCUT2D eigenvalue weighted by atomic mass is 10.1. The van der Waals surface area contributed by atoms with Crippen LogP contribution in [-0.4, -0.2) is 12.1 Å². The van der Waals surface area contributed by atoms with E-state index in [1.54, 1.807) is 0 Å². The minimum Gasteiger partial charge on any atom is -0.496 e. The lowest BCUT2D eigenvalue weighted by molar-refractivity contribution is -0.141. The first kappa shape index (κ1) is 13.4. The highest BCUT2D eigenvalue weighted by molar-refractivity contribution is 5.97. The number of alkyl halides is 3. The average molecular weight is 274 g/mol. The highest BCUT2D eigenvalue weighted by Crippen LogP contribution is 2.39. The van der Waals surface area contributed by atoms with Crippen molar-refractivity contribution in [3.05, 3.63) is 29.2 Å². The van der Waals surface area contributed by atoms with Crippen LogP contribution in [0.4, 0.5) is 23.2 Å². The molecule has 0 spiro atoms. The van der Waals surface area contributed by atoms with Crippen LogP contribution in [-0.2, 0) is 6.18 Å². The van der Waals surface area contributed by atoms with Crippen molar-refractivity contribution in [1.29, 1.82) is 0 Å². The number of hydrogen-bond donors (Lipinski definition) is 1. The smallest absolute Gasteiger partial charge is 0.433 e. The number of fused-ring (bicyclic) bond motifs is 1. The van der Waals surface area contributed by atoms with Crippen LogP contribution in [0.3, 0.4) is 0 Å². The molecule has 1 aromatic carbocycles. The molecule has 0 radical (unpaired) electrons. The van der Waals surface area contributed by atoms with Crippen molar-refractivity contribution >= 4 is 16.6 Å². The number of pyridine rings is 1. The number of rotatable bonds is 1. The van der Waals surface area contributed by atoms with Gasteiger partial charge >= 0.3 is 6.18 Å². The van der Waals surface area contributed by atoms with Gasteiger partial charge < -0.3 is 10.5 Å². The molecule has 3 nitrogen and oxygen atoms in total. The second-order valence-corrected chi connectivity index (χ2v) is 3.97. The topological polar surface area (TPSA) is 48.1 Å². The number of halogens is 4. The van der Waals surface area contributed by atoms with Crippen LogP contribution >= 0.6 is 0 Å². The van der Waals surface area contributed by atoms with Gasteiger partial charge in [0.05, 0.1) is 12.5 Å². The number of nitrogen functional groups attached to an aromatic ring is 1. The summed E-state index contributed by atoms with van der Waals surface area (Å²) in [5.74, 6) is -0.703. The Bertz CT molecular complexity index is 652. The van der Waals surface area contributed by atoms with E-state index in [0.29, 0.717) is 0 Å². The van der Waals surface area contributed by atoms with E-state index in [9.17, 15) is 17.6 Å². The minimum absolute atomic E-state index is 0.0491.